The van der Waals surface area contributed by atoms with Gasteiger partial charge in [-0.1, -0.05) is 0 Å². The topological polar surface area (TPSA) is 62.6 Å². The number of hydrogen-bond acceptors (Lipinski definition) is 5. The SMILES string of the molecule is COCC(O)CN(C)c1c(CNC2CC2)c(C)nn1C. The summed E-state index contributed by atoms with van der Waals surface area (Å²) < 4.78 is 6.87. The van der Waals surface area contributed by atoms with Crippen molar-refractivity contribution in [2.24, 2.45) is 7.05 Å². The van der Waals surface area contributed by atoms with E-state index in [0.717, 1.165) is 18.1 Å². The first kappa shape index (κ1) is 15.3. The maximum atomic E-state index is 9.89. The number of nitrogens with one attached hydrogen (secondary N) is 1. The van der Waals surface area contributed by atoms with Crippen molar-refractivity contribution in [1.29, 1.82) is 0 Å². The molecule has 1 atom stereocenters. The Balaban J connectivity index is 2.07. The number of aromatic nitrogens is 2. The normalized spacial score (nSPS) is 16.4. The Hall–Kier alpha value is -1.11. The highest BCUT2D eigenvalue weighted by Crippen LogP contribution is 2.25. The Morgan fingerprint density at radius 1 is 1.55 bits per heavy atom. The van der Waals surface area contributed by atoms with Gasteiger partial charge in [-0.3, -0.25) is 4.68 Å². The summed E-state index contributed by atoms with van der Waals surface area (Å²) in [7, 11) is 5.53. The number of likely N-dealkylation sites (N-methyl/N-ethyl adjacent to an activating group) is 1. The van der Waals surface area contributed by atoms with Crippen molar-refractivity contribution in [1.82, 2.24) is 15.1 Å². The van der Waals surface area contributed by atoms with E-state index in [1.807, 2.05) is 30.6 Å². The maximum absolute atomic E-state index is 9.89. The van der Waals surface area contributed by atoms with Gasteiger partial charge in [0, 0.05) is 45.9 Å². The quantitative estimate of drug-likeness (QED) is 0.724. The zero-order chi connectivity index (χ0) is 14.7. The van der Waals surface area contributed by atoms with E-state index in [1.165, 1.54) is 18.4 Å². The lowest BCUT2D eigenvalue weighted by Gasteiger charge is -2.24. The van der Waals surface area contributed by atoms with Crippen LogP contribution in [0, 0.1) is 6.92 Å². The van der Waals surface area contributed by atoms with Crippen LogP contribution in [0.1, 0.15) is 24.1 Å². The molecule has 1 saturated carbocycles. The van der Waals surface area contributed by atoms with Crippen LogP contribution in [0.2, 0.25) is 0 Å². The minimum absolute atomic E-state index is 0.344. The summed E-state index contributed by atoms with van der Waals surface area (Å²) in [4.78, 5) is 2.05. The Morgan fingerprint density at radius 2 is 2.25 bits per heavy atom. The van der Waals surface area contributed by atoms with Crippen LogP contribution >= 0.6 is 0 Å². The van der Waals surface area contributed by atoms with Crippen LogP contribution in [0.5, 0.6) is 0 Å². The molecule has 0 radical (unpaired) electrons. The molecule has 0 saturated heterocycles. The average Bonchev–Trinajstić information content (AvgIpc) is 3.13. The van der Waals surface area contributed by atoms with Gasteiger partial charge in [0.2, 0.25) is 0 Å². The summed E-state index contributed by atoms with van der Waals surface area (Å²) in [6, 6.07) is 0.673. The molecule has 0 bridgehead atoms. The third-order valence-corrected chi connectivity index (χ3v) is 3.66. The van der Waals surface area contributed by atoms with Crippen LogP contribution in [-0.2, 0) is 18.3 Å². The summed E-state index contributed by atoms with van der Waals surface area (Å²) in [5, 5.41) is 17.9. The Labute approximate surface area is 120 Å². The van der Waals surface area contributed by atoms with E-state index < -0.39 is 6.10 Å². The van der Waals surface area contributed by atoms with Gasteiger partial charge in [-0.2, -0.15) is 5.10 Å². The van der Waals surface area contributed by atoms with Crippen LogP contribution in [0.4, 0.5) is 5.82 Å². The van der Waals surface area contributed by atoms with Crippen molar-refractivity contribution in [3.05, 3.63) is 11.3 Å². The zero-order valence-corrected chi connectivity index (χ0v) is 12.9. The molecule has 1 aliphatic rings. The van der Waals surface area contributed by atoms with Crippen molar-refractivity contribution in [2.75, 3.05) is 32.2 Å². The molecule has 2 rings (SSSR count). The molecule has 0 aliphatic heterocycles. The standard InChI is InChI=1S/C14H26N4O2/c1-10-13(7-15-11-5-6-11)14(18(3)16-10)17(2)8-12(19)9-20-4/h11-12,15,19H,5-9H2,1-4H3. The number of ether oxygens (including phenoxy) is 1. The van der Waals surface area contributed by atoms with Gasteiger partial charge in [-0.25, -0.2) is 0 Å². The number of hydrogen-bond donors (Lipinski definition) is 2. The molecule has 6 heteroatoms. The summed E-state index contributed by atoms with van der Waals surface area (Å²) in [6.45, 7) is 3.75. The molecule has 0 aromatic carbocycles. The van der Waals surface area contributed by atoms with Crippen LogP contribution in [0.15, 0.2) is 0 Å². The van der Waals surface area contributed by atoms with Crippen LogP contribution in [-0.4, -0.2) is 54.3 Å². The molecule has 2 N–H and O–H groups in total. The average molecular weight is 282 g/mol. The van der Waals surface area contributed by atoms with Crippen molar-refractivity contribution < 1.29 is 9.84 Å². The maximum Gasteiger partial charge on any atom is 0.131 e. The van der Waals surface area contributed by atoms with Gasteiger partial charge < -0.3 is 20.1 Å². The van der Waals surface area contributed by atoms with Crippen molar-refractivity contribution >= 4 is 5.82 Å². The molecule has 1 aromatic rings. The number of aliphatic hydroxyl groups excluding tert-OH is 1. The Morgan fingerprint density at radius 3 is 2.85 bits per heavy atom. The number of methoxy groups -OCH3 is 1. The highest BCUT2D eigenvalue weighted by molar-refractivity contribution is 5.49. The van der Waals surface area contributed by atoms with E-state index in [1.54, 1.807) is 7.11 Å². The third kappa shape index (κ3) is 3.71. The summed E-state index contributed by atoms with van der Waals surface area (Å²) >= 11 is 0. The predicted octanol–water partition coefficient (Wildman–Crippen LogP) is 0.424. The van der Waals surface area contributed by atoms with E-state index in [0.29, 0.717) is 19.2 Å². The molecule has 1 unspecified atom stereocenters. The molecule has 1 aromatic heterocycles. The van der Waals surface area contributed by atoms with Gasteiger partial charge in [0.15, 0.2) is 0 Å². The Bertz CT molecular complexity index is 443. The van der Waals surface area contributed by atoms with E-state index in [4.69, 9.17) is 4.74 Å². The largest absolute Gasteiger partial charge is 0.389 e. The second-order valence-corrected chi connectivity index (χ2v) is 5.66. The second-order valence-electron chi connectivity index (χ2n) is 5.66. The van der Waals surface area contributed by atoms with Gasteiger partial charge in [-0.05, 0) is 19.8 Å². The van der Waals surface area contributed by atoms with Gasteiger partial charge in [0.1, 0.15) is 5.82 Å². The summed E-state index contributed by atoms with van der Waals surface area (Å²) in [6.07, 6.45) is 2.05. The van der Waals surface area contributed by atoms with Crippen LogP contribution in [0.3, 0.4) is 0 Å². The van der Waals surface area contributed by atoms with Gasteiger partial charge in [0.25, 0.3) is 0 Å². The molecular formula is C14H26N4O2. The Kier molecular flexibility index (Phi) is 5.01. The highest BCUT2D eigenvalue weighted by atomic mass is 16.5. The monoisotopic (exact) mass is 282 g/mol. The fourth-order valence-electron chi connectivity index (χ4n) is 2.56. The molecule has 1 aliphatic carbocycles. The number of anilines is 1. The lowest BCUT2D eigenvalue weighted by atomic mass is 10.2. The second kappa shape index (κ2) is 6.56. The lowest BCUT2D eigenvalue weighted by Crippen LogP contribution is -2.34. The van der Waals surface area contributed by atoms with Crippen LogP contribution < -0.4 is 10.2 Å². The number of nitrogens with zero attached hydrogens (tertiary/aromatic N) is 3. The van der Waals surface area contributed by atoms with E-state index >= 15 is 0 Å². The minimum atomic E-state index is -0.496. The van der Waals surface area contributed by atoms with E-state index in [2.05, 4.69) is 10.4 Å². The molecule has 0 amide bonds. The summed E-state index contributed by atoms with van der Waals surface area (Å²) in [5.74, 6) is 1.06. The first-order valence-electron chi connectivity index (χ1n) is 7.17. The van der Waals surface area contributed by atoms with Crippen molar-refractivity contribution in [3.63, 3.8) is 0 Å². The summed E-state index contributed by atoms with van der Waals surface area (Å²) in [5.41, 5.74) is 2.26. The molecule has 20 heavy (non-hydrogen) atoms. The number of aryl methyl sites for hydroxylation is 2. The molecule has 0 spiro atoms. The number of rotatable bonds is 8. The zero-order valence-electron chi connectivity index (χ0n) is 12.9. The smallest absolute Gasteiger partial charge is 0.131 e. The van der Waals surface area contributed by atoms with Gasteiger partial charge in [-0.15, -0.1) is 0 Å². The van der Waals surface area contributed by atoms with Crippen molar-refractivity contribution in [2.45, 2.75) is 38.5 Å². The highest BCUT2D eigenvalue weighted by Gasteiger charge is 2.23. The predicted molar refractivity (Wildman–Crippen MR) is 79.0 cm³/mol. The molecular weight excluding hydrogens is 256 g/mol. The van der Waals surface area contributed by atoms with E-state index in [9.17, 15) is 5.11 Å². The molecule has 1 fully saturated rings. The van der Waals surface area contributed by atoms with Gasteiger partial charge >= 0.3 is 0 Å². The first-order valence-corrected chi connectivity index (χ1v) is 7.17. The van der Waals surface area contributed by atoms with Gasteiger partial charge in [0.05, 0.1) is 18.4 Å². The number of aliphatic hydroxyl groups is 1. The van der Waals surface area contributed by atoms with E-state index in [-0.39, 0.29) is 0 Å². The first-order chi connectivity index (χ1) is 9.52. The molecule has 1 heterocycles. The fraction of sp³-hybridized carbons (Fsp3) is 0.786. The lowest BCUT2D eigenvalue weighted by molar-refractivity contribution is 0.0693. The fourth-order valence-corrected chi connectivity index (χ4v) is 2.56. The van der Waals surface area contributed by atoms with Crippen molar-refractivity contribution in [3.8, 4) is 0 Å². The molecule has 6 nitrogen and oxygen atoms in total. The van der Waals surface area contributed by atoms with Crippen LogP contribution in [0.25, 0.3) is 0 Å². The third-order valence-electron chi connectivity index (χ3n) is 3.66. The minimum Gasteiger partial charge on any atom is -0.389 e. The molecule has 114 valence electrons.